The molecule has 13 nitrogen and oxygen atoms in total. The zero-order valence-corrected chi connectivity index (χ0v) is 32.6. The van der Waals surface area contributed by atoms with Crippen LogP contribution in [0.2, 0.25) is 0 Å². The number of rotatable bonds is 22. The van der Waals surface area contributed by atoms with Gasteiger partial charge in [0.05, 0.1) is 12.1 Å². The molecule has 2 rings (SSSR count). The Bertz CT molecular complexity index is 1560. The number of hydrogen-bond donors (Lipinski definition) is 4. The molecule has 0 aromatic heterocycles. The molecule has 3 atom stereocenters. The number of allylic oxidation sites excluding steroid dienone is 1. The van der Waals surface area contributed by atoms with E-state index in [0.29, 0.717) is 6.54 Å². The summed E-state index contributed by atoms with van der Waals surface area (Å²) in [6.07, 6.45) is 1.64. The molecule has 0 spiro atoms. The van der Waals surface area contributed by atoms with Crippen LogP contribution in [0.15, 0.2) is 84.6 Å². The Morgan fingerprint density at radius 1 is 0.926 bits per heavy atom. The number of ether oxygens (including phenoxy) is 2. The smallest absolute Gasteiger partial charge is 0.328 e. The minimum atomic E-state index is -1.13. The molecule has 3 unspecified atom stereocenters. The number of likely N-dealkylation sites (N-methyl/N-ethyl adjacent to an activating group) is 1. The number of nitrogens with two attached hydrogens (primary N) is 1. The lowest BCUT2D eigenvalue weighted by atomic mass is 9.82. The Kier molecular flexibility index (Phi) is 19.2. The highest BCUT2D eigenvalue weighted by Crippen LogP contribution is 2.32. The molecule has 0 saturated carbocycles. The minimum Gasteiger partial charge on any atom is -0.461 e. The second-order valence-corrected chi connectivity index (χ2v) is 14.4. The van der Waals surface area contributed by atoms with Crippen molar-refractivity contribution in [3.63, 3.8) is 0 Å². The number of amides is 3. The van der Waals surface area contributed by atoms with Gasteiger partial charge in [-0.15, -0.1) is 0 Å². The predicted octanol–water partition coefficient (Wildman–Crippen LogP) is 3.61. The van der Waals surface area contributed by atoms with E-state index in [1.165, 1.54) is 0 Å². The minimum absolute atomic E-state index is 0.0164. The molecule has 3 amide bonds. The number of aliphatic hydroxyl groups is 1. The molecule has 296 valence electrons. The van der Waals surface area contributed by atoms with Gasteiger partial charge in [-0.1, -0.05) is 99.7 Å². The summed E-state index contributed by atoms with van der Waals surface area (Å²) in [4.78, 5) is 68.1. The fourth-order valence-corrected chi connectivity index (χ4v) is 5.90. The van der Waals surface area contributed by atoms with Gasteiger partial charge in [-0.05, 0) is 43.2 Å². The predicted molar refractivity (Wildman–Crippen MR) is 207 cm³/mol. The van der Waals surface area contributed by atoms with Gasteiger partial charge < -0.3 is 40.7 Å². The van der Waals surface area contributed by atoms with Crippen molar-refractivity contribution < 1.29 is 38.6 Å². The largest absolute Gasteiger partial charge is 0.461 e. The molecule has 0 aliphatic heterocycles. The molecule has 5 N–H and O–H groups in total. The van der Waals surface area contributed by atoms with Gasteiger partial charge in [0.2, 0.25) is 17.7 Å². The van der Waals surface area contributed by atoms with Crippen LogP contribution < -0.4 is 16.4 Å². The van der Waals surface area contributed by atoms with Gasteiger partial charge in [-0.2, -0.15) is 0 Å². The van der Waals surface area contributed by atoms with Gasteiger partial charge in [0, 0.05) is 45.2 Å². The summed E-state index contributed by atoms with van der Waals surface area (Å²) in [6.45, 7) is 13.7. The number of nitrogens with zero attached hydrogens (tertiary/aromatic N) is 2. The highest BCUT2D eigenvalue weighted by Gasteiger charge is 2.37. The lowest BCUT2D eigenvalue weighted by molar-refractivity contribution is -0.150. The molecule has 0 bridgehead atoms. The van der Waals surface area contributed by atoms with Crippen LogP contribution in [0.5, 0.6) is 0 Å². The highest BCUT2D eigenvalue weighted by molar-refractivity contribution is 5.86. The van der Waals surface area contributed by atoms with Crippen molar-refractivity contribution in [2.24, 2.45) is 11.1 Å². The Hall–Kier alpha value is -5.01. The van der Waals surface area contributed by atoms with Crippen LogP contribution in [-0.2, 0) is 46.7 Å². The van der Waals surface area contributed by atoms with E-state index >= 15 is 0 Å². The first-order valence-corrected chi connectivity index (χ1v) is 18.2. The summed E-state index contributed by atoms with van der Waals surface area (Å²) < 4.78 is 10.8. The molecule has 0 fully saturated rings. The third kappa shape index (κ3) is 15.9. The number of esters is 2. The van der Waals surface area contributed by atoms with E-state index < -0.39 is 59.8 Å². The lowest BCUT2D eigenvalue weighted by Gasteiger charge is -2.44. The molecule has 0 radical (unpaired) electrons. The number of carbonyl (C=O) groups excluding carboxylic acids is 5. The van der Waals surface area contributed by atoms with Crippen LogP contribution in [0.3, 0.4) is 0 Å². The maximum Gasteiger partial charge on any atom is 0.328 e. The first-order valence-electron chi connectivity index (χ1n) is 18.2. The van der Waals surface area contributed by atoms with Crippen LogP contribution in [0, 0.1) is 5.41 Å². The third-order valence-electron chi connectivity index (χ3n) is 8.50. The molecular formula is C41H59N5O8. The van der Waals surface area contributed by atoms with Gasteiger partial charge in [0.15, 0.2) is 0 Å². The van der Waals surface area contributed by atoms with Crippen molar-refractivity contribution in [3.05, 3.63) is 95.7 Å². The quantitative estimate of drug-likeness (QED) is 0.103. The van der Waals surface area contributed by atoms with Crippen LogP contribution in [0.25, 0.3) is 0 Å². The molecule has 54 heavy (non-hydrogen) atoms. The van der Waals surface area contributed by atoms with Crippen molar-refractivity contribution in [2.75, 3.05) is 33.3 Å². The summed E-state index contributed by atoms with van der Waals surface area (Å²) >= 11 is 0. The van der Waals surface area contributed by atoms with Crippen molar-refractivity contribution in [2.45, 2.75) is 91.6 Å². The molecule has 2 aromatic carbocycles. The third-order valence-corrected chi connectivity index (χ3v) is 8.50. The summed E-state index contributed by atoms with van der Waals surface area (Å²) in [6, 6.07) is 15.6. The molecule has 13 heteroatoms. The number of hydrogen-bond acceptors (Lipinski definition) is 10. The van der Waals surface area contributed by atoms with E-state index in [0.717, 1.165) is 22.4 Å². The van der Waals surface area contributed by atoms with Gasteiger partial charge in [0.1, 0.15) is 25.9 Å². The van der Waals surface area contributed by atoms with E-state index in [1.807, 2.05) is 101 Å². The molecular weight excluding hydrogens is 690 g/mol. The molecule has 2 aromatic rings. The summed E-state index contributed by atoms with van der Waals surface area (Å²) in [5.74, 6) is -2.82. The van der Waals surface area contributed by atoms with Gasteiger partial charge in [-0.3, -0.25) is 19.2 Å². The average molecular weight is 750 g/mol. The van der Waals surface area contributed by atoms with Crippen LogP contribution in [0.4, 0.5) is 0 Å². The monoisotopic (exact) mass is 749 g/mol. The van der Waals surface area contributed by atoms with Crippen LogP contribution in [-0.4, -0.2) is 96.0 Å². The van der Waals surface area contributed by atoms with E-state index in [-0.39, 0.29) is 52.0 Å². The Balaban J connectivity index is 2.00. The van der Waals surface area contributed by atoms with E-state index in [2.05, 4.69) is 17.2 Å². The SMILES string of the molecule is C=C(C)CN(C)/C(=C\C)C(N(CCC(N)C(=O)NCCC(=O)NC(CCC(=O)OCc1ccccc1)C(=O)OCc1ccccc1)C(=O)CO)C(C)(C)C. The normalized spacial score (nSPS) is 13.1. The van der Waals surface area contributed by atoms with Crippen LogP contribution >= 0.6 is 0 Å². The van der Waals surface area contributed by atoms with Crippen molar-refractivity contribution >= 4 is 29.7 Å². The highest BCUT2D eigenvalue weighted by atomic mass is 16.5. The maximum atomic E-state index is 13.1. The Labute approximate surface area is 319 Å². The van der Waals surface area contributed by atoms with E-state index in [4.69, 9.17) is 15.2 Å². The summed E-state index contributed by atoms with van der Waals surface area (Å²) in [5, 5.41) is 15.1. The van der Waals surface area contributed by atoms with Gasteiger partial charge >= 0.3 is 11.9 Å². The standard InChI is InChI=1S/C41H59N5O8/c1-8-34(45(7)25-29(2)3)38(41(4,5)6)46(36(49)26-47)24-22-32(42)39(51)43-23-21-35(48)44-33(40(52)54-28-31-17-13-10-14-18-31)19-20-37(50)53-27-30-15-11-9-12-16-30/h8-18,32-33,38,47H,2,19-28,42H2,1,3-7H3,(H,43,51)(H,44,48)/b34-8-. The van der Waals surface area contributed by atoms with Gasteiger partial charge in [0.25, 0.3) is 0 Å². The first kappa shape index (κ1) is 45.1. The molecule has 0 aliphatic rings. The first-order chi connectivity index (χ1) is 25.6. The van der Waals surface area contributed by atoms with Crippen LogP contribution in [0.1, 0.15) is 71.4 Å². The second-order valence-electron chi connectivity index (χ2n) is 14.4. The zero-order valence-electron chi connectivity index (χ0n) is 32.6. The topological polar surface area (TPSA) is 181 Å². The van der Waals surface area contributed by atoms with Crippen molar-refractivity contribution in [3.8, 4) is 0 Å². The Morgan fingerprint density at radius 3 is 2.02 bits per heavy atom. The zero-order chi connectivity index (χ0) is 40.3. The maximum absolute atomic E-state index is 13.1. The van der Waals surface area contributed by atoms with Crippen molar-refractivity contribution in [1.82, 2.24) is 20.4 Å². The number of benzene rings is 2. The molecule has 0 heterocycles. The van der Waals surface area contributed by atoms with E-state index in [1.54, 1.807) is 17.0 Å². The average Bonchev–Trinajstić information content (AvgIpc) is 3.13. The summed E-state index contributed by atoms with van der Waals surface area (Å²) in [5.41, 5.74) is 9.18. The number of carbonyl (C=O) groups is 5. The molecule has 0 saturated heterocycles. The Morgan fingerprint density at radius 2 is 1.50 bits per heavy atom. The fourth-order valence-electron chi connectivity index (χ4n) is 5.90. The van der Waals surface area contributed by atoms with Gasteiger partial charge in [-0.25, -0.2) is 4.79 Å². The van der Waals surface area contributed by atoms with E-state index in [9.17, 15) is 29.1 Å². The number of nitrogens with one attached hydrogen (secondary N) is 2. The lowest BCUT2D eigenvalue weighted by Crippen LogP contribution is -2.54. The summed E-state index contributed by atoms with van der Waals surface area (Å²) in [7, 11) is 1.91. The second kappa shape index (κ2) is 22.9. The molecule has 0 aliphatic carbocycles. The van der Waals surface area contributed by atoms with Crippen molar-refractivity contribution in [1.29, 1.82) is 0 Å². The fraction of sp³-hybridized carbons (Fsp3) is 0.488. The number of aliphatic hydroxyl groups excluding tert-OH is 1.